The molecule has 1 aliphatic heterocycles. The van der Waals surface area contributed by atoms with Gasteiger partial charge in [0.25, 0.3) is 0 Å². The molecule has 0 amide bonds. The number of guanidine groups is 1. The van der Waals surface area contributed by atoms with E-state index >= 15 is 0 Å². The first-order valence-electron chi connectivity index (χ1n) is 6.45. The van der Waals surface area contributed by atoms with Gasteiger partial charge in [0.15, 0.2) is 5.96 Å². The van der Waals surface area contributed by atoms with E-state index in [1.165, 1.54) is 7.11 Å². The van der Waals surface area contributed by atoms with Crippen molar-refractivity contribution in [3.8, 4) is 5.88 Å². The molecule has 1 fully saturated rings. The van der Waals surface area contributed by atoms with Gasteiger partial charge in [0.2, 0.25) is 5.88 Å². The number of nitrogens with zero attached hydrogens (tertiary/aromatic N) is 3. The molecule has 2 rings (SSSR count). The lowest BCUT2D eigenvalue weighted by molar-refractivity contribution is 0.00529. The molecule has 1 aliphatic rings. The molecule has 7 heteroatoms. The van der Waals surface area contributed by atoms with E-state index in [2.05, 4.69) is 9.98 Å². The summed E-state index contributed by atoms with van der Waals surface area (Å²) < 4.78 is 10.5. The fourth-order valence-electron chi connectivity index (χ4n) is 2.00. The van der Waals surface area contributed by atoms with Crippen LogP contribution >= 0.6 is 11.6 Å². The van der Waals surface area contributed by atoms with Crippen LogP contribution in [0.2, 0.25) is 5.02 Å². The molecule has 0 bridgehead atoms. The SMILES string of the molecule is COc1ncc(CN=C(N)N2CCOC(C)C2)cc1Cl. The van der Waals surface area contributed by atoms with Gasteiger partial charge in [-0.25, -0.2) is 9.98 Å². The van der Waals surface area contributed by atoms with Gasteiger partial charge in [-0.1, -0.05) is 11.6 Å². The summed E-state index contributed by atoms with van der Waals surface area (Å²) in [4.78, 5) is 10.5. The molecule has 0 aliphatic carbocycles. The maximum absolute atomic E-state index is 6.02. The molecule has 110 valence electrons. The molecule has 1 unspecified atom stereocenters. The van der Waals surface area contributed by atoms with E-state index in [1.54, 1.807) is 12.3 Å². The summed E-state index contributed by atoms with van der Waals surface area (Å²) in [6, 6.07) is 1.78. The van der Waals surface area contributed by atoms with Crippen molar-refractivity contribution in [3.05, 3.63) is 22.8 Å². The van der Waals surface area contributed by atoms with Gasteiger partial charge < -0.3 is 20.1 Å². The Balaban J connectivity index is 1.99. The molecule has 0 spiro atoms. The molecular weight excluding hydrogens is 280 g/mol. The van der Waals surface area contributed by atoms with Gasteiger partial charge >= 0.3 is 0 Å². The van der Waals surface area contributed by atoms with E-state index < -0.39 is 0 Å². The van der Waals surface area contributed by atoms with Crippen LogP contribution in [0.4, 0.5) is 0 Å². The van der Waals surface area contributed by atoms with Crippen molar-refractivity contribution >= 4 is 17.6 Å². The summed E-state index contributed by atoms with van der Waals surface area (Å²) in [5.41, 5.74) is 6.88. The number of hydrogen-bond acceptors (Lipinski definition) is 4. The number of morpholine rings is 1. The lowest BCUT2D eigenvalue weighted by atomic mass is 10.3. The van der Waals surface area contributed by atoms with Crippen LogP contribution in [0.25, 0.3) is 0 Å². The third-order valence-electron chi connectivity index (χ3n) is 3.05. The van der Waals surface area contributed by atoms with Crippen LogP contribution in [0.1, 0.15) is 12.5 Å². The van der Waals surface area contributed by atoms with Gasteiger partial charge in [0.1, 0.15) is 5.02 Å². The average molecular weight is 299 g/mol. The van der Waals surface area contributed by atoms with Crippen LogP contribution in [-0.2, 0) is 11.3 Å². The van der Waals surface area contributed by atoms with Crippen LogP contribution in [0.15, 0.2) is 17.3 Å². The molecule has 1 saturated heterocycles. The quantitative estimate of drug-likeness (QED) is 0.672. The lowest BCUT2D eigenvalue weighted by Crippen LogP contribution is -2.47. The Morgan fingerprint density at radius 1 is 1.70 bits per heavy atom. The van der Waals surface area contributed by atoms with E-state index in [-0.39, 0.29) is 6.10 Å². The highest BCUT2D eigenvalue weighted by molar-refractivity contribution is 6.31. The maximum Gasteiger partial charge on any atom is 0.232 e. The molecule has 6 nitrogen and oxygen atoms in total. The Labute approximate surface area is 123 Å². The molecule has 1 aromatic rings. The summed E-state index contributed by atoms with van der Waals surface area (Å²) in [6.45, 7) is 4.66. The fraction of sp³-hybridized carbons (Fsp3) is 0.538. The third kappa shape index (κ3) is 3.74. The molecular formula is C13H19ClN4O2. The molecule has 0 aromatic carbocycles. The smallest absolute Gasteiger partial charge is 0.232 e. The average Bonchev–Trinajstić information content (AvgIpc) is 2.45. The number of pyridine rings is 1. The van der Waals surface area contributed by atoms with E-state index in [9.17, 15) is 0 Å². The zero-order valence-electron chi connectivity index (χ0n) is 11.7. The molecule has 2 N–H and O–H groups in total. The number of rotatable bonds is 3. The molecule has 0 radical (unpaired) electrons. The zero-order chi connectivity index (χ0) is 14.5. The number of halogens is 1. The van der Waals surface area contributed by atoms with Crippen molar-refractivity contribution in [3.63, 3.8) is 0 Å². The number of methoxy groups -OCH3 is 1. The number of hydrogen-bond donors (Lipinski definition) is 1. The van der Waals surface area contributed by atoms with Gasteiger partial charge in [-0.2, -0.15) is 0 Å². The van der Waals surface area contributed by atoms with Crippen molar-refractivity contribution in [2.24, 2.45) is 10.7 Å². The molecule has 0 saturated carbocycles. The summed E-state index contributed by atoms with van der Waals surface area (Å²) in [6.07, 6.45) is 1.86. The van der Waals surface area contributed by atoms with Crippen LogP contribution in [0.3, 0.4) is 0 Å². The summed E-state index contributed by atoms with van der Waals surface area (Å²) >= 11 is 6.02. The number of aromatic nitrogens is 1. The predicted molar refractivity (Wildman–Crippen MR) is 78.1 cm³/mol. The Morgan fingerprint density at radius 2 is 2.50 bits per heavy atom. The second-order valence-corrected chi connectivity index (χ2v) is 5.04. The Bertz CT molecular complexity index is 495. The highest BCUT2D eigenvalue weighted by Crippen LogP contribution is 2.22. The third-order valence-corrected chi connectivity index (χ3v) is 3.32. The molecule has 1 atom stereocenters. The normalized spacial score (nSPS) is 20.1. The summed E-state index contributed by atoms with van der Waals surface area (Å²) in [5, 5.41) is 0.471. The molecule has 2 heterocycles. The first kappa shape index (κ1) is 14.9. The van der Waals surface area contributed by atoms with Crippen molar-refractivity contribution < 1.29 is 9.47 Å². The van der Waals surface area contributed by atoms with Crippen molar-refractivity contribution in [2.75, 3.05) is 26.8 Å². The van der Waals surface area contributed by atoms with E-state index in [4.69, 9.17) is 26.8 Å². The second-order valence-electron chi connectivity index (χ2n) is 4.64. The van der Waals surface area contributed by atoms with Gasteiger partial charge in [-0.05, 0) is 18.6 Å². The highest BCUT2D eigenvalue weighted by atomic mass is 35.5. The minimum absolute atomic E-state index is 0.176. The minimum Gasteiger partial charge on any atom is -0.480 e. The Morgan fingerprint density at radius 3 is 3.15 bits per heavy atom. The number of aliphatic imine (C=N–C) groups is 1. The topological polar surface area (TPSA) is 73.0 Å². The van der Waals surface area contributed by atoms with Crippen LogP contribution < -0.4 is 10.5 Å². The van der Waals surface area contributed by atoms with Gasteiger partial charge in [-0.15, -0.1) is 0 Å². The largest absolute Gasteiger partial charge is 0.480 e. The fourth-order valence-corrected chi connectivity index (χ4v) is 2.27. The first-order chi connectivity index (χ1) is 9.60. The van der Waals surface area contributed by atoms with Gasteiger partial charge in [0, 0.05) is 19.3 Å². The zero-order valence-corrected chi connectivity index (χ0v) is 12.4. The number of ether oxygens (including phenoxy) is 2. The Hall–Kier alpha value is -1.53. The molecule has 1 aromatic heterocycles. The van der Waals surface area contributed by atoms with Crippen molar-refractivity contribution in [1.29, 1.82) is 0 Å². The van der Waals surface area contributed by atoms with Crippen LogP contribution in [0, 0.1) is 0 Å². The van der Waals surface area contributed by atoms with Gasteiger partial charge in [0.05, 0.1) is 26.4 Å². The molecule has 20 heavy (non-hydrogen) atoms. The monoisotopic (exact) mass is 298 g/mol. The lowest BCUT2D eigenvalue weighted by Gasteiger charge is -2.31. The van der Waals surface area contributed by atoms with E-state index in [0.717, 1.165) is 18.7 Å². The van der Waals surface area contributed by atoms with Crippen molar-refractivity contribution in [1.82, 2.24) is 9.88 Å². The summed E-state index contributed by atoms with van der Waals surface area (Å²) in [5.74, 6) is 0.932. The van der Waals surface area contributed by atoms with Gasteiger partial charge in [-0.3, -0.25) is 0 Å². The van der Waals surface area contributed by atoms with Crippen molar-refractivity contribution in [2.45, 2.75) is 19.6 Å². The first-order valence-corrected chi connectivity index (χ1v) is 6.83. The van der Waals surface area contributed by atoms with E-state index in [0.29, 0.717) is 30.0 Å². The standard InChI is InChI=1S/C13H19ClN4O2/c1-9-8-18(3-4-20-9)13(15)17-7-10-5-11(14)12(19-2)16-6-10/h5-6,9H,3-4,7-8H2,1-2H3,(H2,15,17). The van der Waals surface area contributed by atoms with Crippen LogP contribution in [0.5, 0.6) is 5.88 Å². The highest BCUT2D eigenvalue weighted by Gasteiger charge is 2.17. The minimum atomic E-state index is 0.176. The van der Waals surface area contributed by atoms with E-state index in [1.807, 2.05) is 11.8 Å². The summed E-state index contributed by atoms with van der Waals surface area (Å²) in [7, 11) is 1.53. The second kappa shape index (κ2) is 6.76. The maximum atomic E-state index is 6.02. The predicted octanol–water partition coefficient (Wildman–Crippen LogP) is 1.28. The Kier molecular flexibility index (Phi) is 5.03. The van der Waals surface area contributed by atoms with Crippen LogP contribution in [-0.4, -0.2) is 48.8 Å². The number of nitrogens with two attached hydrogens (primary N) is 1.